The molecule has 1 N–H and O–H groups in total. The van der Waals surface area contributed by atoms with Gasteiger partial charge in [0.2, 0.25) is 5.75 Å². The monoisotopic (exact) mass is 350 g/mol. The van der Waals surface area contributed by atoms with Crippen LogP contribution in [0.3, 0.4) is 0 Å². The Morgan fingerprint density at radius 1 is 0.808 bits per heavy atom. The first-order valence-corrected chi connectivity index (χ1v) is 8.30. The molecule has 2 aromatic carbocycles. The fourth-order valence-corrected chi connectivity index (χ4v) is 2.87. The van der Waals surface area contributed by atoms with Gasteiger partial charge in [0, 0.05) is 23.9 Å². The predicted octanol–water partition coefficient (Wildman–Crippen LogP) is 4.39. The third kappa shape index (κ3) is 3.57. The van der Waals surface area contributed by atoms with Crippen molar-refractivity contribution < 1.29 is 14.2 Å². The maximum absolute atomic E-state index is 5.55. The van der Waals surface area contributed by atoms with E-state index in [1.165, 1.54) is 0 Å². The molecule has 0 aliphatic rings. The number of ether oxygens (including phenoxy) is 3. The molecule has 0 saturated heterocycles. The highest BCUT2D eigenvalue weighted by atomic mass is 16.5. The Kier molecular flexibility index (Phi) is 5.59. The zero-order valence-corrected chi connectivity index (χ0v) is 15.2. The summed E-state index contributed by atoms with van der Waals surface area (Å²) in [6.07, 6.45) is 1.80. The van der Waals surface area contributed by atoms with Crippen LogP contribution in [0.15, 0.2) is 60.8 Å². The van der Waals surface area contributed by atoms with Gasteiger partial charge in [0.05, 0.1) is 32.7 Å². The highest BCUT2D eigenvalue weighted by molar-refractivity contribution is 5.74. The third-order valence-corrected chi connectivity index (χ3v) is 4.11. The van der Waals surface area contributed by atoms with Crippen LogP contribution in [0.4, 0.5) is 5.69 Å². The first kappa shape index (κ1) is 17.6. The summed E-state index contributed by atoms with van der Waals surface area (Å²) in [5.41, 5.74) is 3.89. The zero-order chi connectivity index (χ0) is 18.4. The lowest BCUT2D eigenvalue weighted by molar-refractivity contribution is 0.322. The summed E-state index contributed by atoms with van der Waals surface area (Å²) in [7, 11) is 4.84. The van der Waals surface area contributed by atoms with E-state index in [0.717, 1.165) is 22.5 Å². The minimum atomic E-state index is 0.565. The molecule has 1 aromatic heterocycles. The summed E-state index contributed by atoms with van der Waals surface area (Å²) in [5, 5.41) is 3.45. The van der Waals surface area contributed by atoms with Gasteiger partial charge in [-0.2, -0.15) is 0 Å². The highest BCUT2D eigenvalue weighted by Gasteiger charge is 2.16. The third-order valence-electron chi connectivity index (χ3n) is 4.11. The van der Waals surface area contributed by atoms with Crippen LogP contribution in [0.5, 0.6) is 17.2 Å². The molecule has 0 fully saturated rings. The van der Waals surface area contributed by atoms with E-state index in [4.69, 9.17) is 14.2 Å². The van der Waals surface area contributed by atoms with Crippen molar-refractivity contribution in [3.8, 4) is 28.5 Å². The molecular weight excluding hydrogens is 328 g/mol. The number of anilines is 1. The van der Waals surface area contributed by atoms with Crippen LogP contribution in [-0.2, 0) is 6.54 Å². The molecular formula is C21H22N2O3. The molecule has 0 atom stereocenters. The summed E-state index contributed by atoms with van der Waals surface area (Å²) in [4.78, 5) is 4.53. The molecule has 5 heteroatoms. The topological polar surface area (TPSA) is 52.6 Å². The van der Waals surface area contributed by atoms with Crippen LogP contribution in [0.1, 0.15) is 5.56 Å². The van der Waals surface area contributed by atoms with Crippen molar-refractivity contribution in [3.63, 3.8) is 0 Å². The Morgan fingerprint density at radius 3 is 2.27 bits per heavy atom. The Morgan fingerprint density at radius 2 is 1.58 bits per heavy atom. The number of nitrogens with one attached hydrogen (secondary N) is 1. The van der Waals surface area contributed by atoms with Gasteiger partial charge >= 0.3 is 0 Å². The highest BCUT2D eigenvalue weighted by Crippen LogP contribution is 2.40. The van der Waals surface area contributed by atoms with Gasteiger partial charge in [-0.1, -0.05) is 30.3 Å². The van der Waals surface area contributed by atoms with E-state index in [0.29, 0.717) is 23.8 Å². The first-order chi connectivity index (χ1) is 12.8. The molecule has 0 amide bonds. The number of rotatable bonds is 7. The maximum atomic E-state index is 5.55. The van der Waals surface area contributed by atoms with Crippen LogP contribution in [0.2, 0.25) is 0 Å². The van der Waals surface area contributed by atoms with Crippen molar-refractivity contribution in [2.75, 3.05) is 26.6 Å². The van der Waals surface area contributed by atoms with Gasteiger partial charge in [0.15, 0.2) is 11.5 Å². The summed E-state index contributed by atoms with van der Waals surface area (Å²) >= 11 is 0. The van der Waals surface area contributed by atoms with E-state index in [1.807, 2.05) is 54.6 Å². The van der Waals surface area contributed by atoms with E-state index < -0.39 is 0 Å². The molecule has 0 radical (unpaired) electrons. The second kappa shape index (κ2) is 8.25. The molecule has 3 rings (SSSR count). The molecule has 0 spiro atoms. The Labute approximate surface area is 153 Å². The van der Waals surface area contributed by atoms with Gasteiger partial charge in [0.1, 0.15) is 0 Å². The van der Waals surface area contributed by atoms with Crippen molar-refractivity contribution in [1.29, 1.82) is 0 Å². The second-order valence-corrected chi connectivity index (χ2v) is 5.61. The molecule has 26 heavy (non-hydrogen) atoms. The molecule has 134 valence electrons. The van der Waals surface area contributed by atoms with E-state index in [1.54, 1.807) is 27.5 Å². The van der Waals surface area contributed by atoms with Gasteiger partial charge in [-0.25, -0.2) is 0 Å². The molecule has 0 aliphatic carbocycles. The number of aromatic nitrogens is 1. The Balaban J connectivity index is 1.89. The molecule has 1 heterocycles. The number of hydrogen-bond donors (Lipinski definition) is 1. The van der Waals surface area contributed by atoms with Gasteiger partial charge in [-0.15, -0.1) is 0 Å². The predicted molar refractivity (Wildman–Crippen MR) is 103 cm³/mol. The SMILES string of the molecule is COc1ccc(CNc2cccnc2-c2ccccc2)c(OC)c1OC. The standard InChI is InChI=1S/C21H22N2O3/c1-24-18-12-11-16(20(25-2)21(18)26-3)14-23-17-10-7-13-22-19(17)15-8-5-4-6-9-15/h4-13,23H,14H2,1-3H3. The summed E-state index contributed by atoms with van der Waals surface area (Å²) in [5.74, 6) is 1.88. The number of methoxy groups -OCH3 is 3. The molecule has 0 saturated carbocycles. The van der Waals surface area contributed by atoms with Gasteiger partial charge in [-0.3, -0.25) is 4.98 Å². The van der Waals surface area contributed by atoms with Crippen molar-refractivity contribution in [3.05, 3.63) is 66.4 Å². The fourth-order valence-electron chi connectivity index (χ4n) is 2.87. The van der Waals surface area contributed by atoms with E-state index in [-0.39, 0.29) is 0 Å². The summed E-state index contributed by atoms with van der Waals surface area (Å²) in [6, 6.07) is 17.9. The largest absolute Gasteiger partial charge is 0.493 e. The second-order valence-electron chi connectivity index (χ2n) is 5.61. The fraction of sp³-hybridized carbons (Fsp3) is 0.190. The molecule has 5 nitrogen and oxygen atoms in total. The molecule has 0 aliphatic heterocycles. The van der Waals surface area contributed by atoms with E-state index >= 15 is 0 Å². The lowest BCUT2D eigenvalue weighted by atomic mass is 10.1. The molecule has 0 bridgehead atoms. The quantitative estimate of drug-likeness (QED) is 0.685. The van der Waals surface area contributed by atoms with Crippen molar-refractivity contribution in [1.82, 2.24) is 4.98 Å². The number of pyridine rings is 1. The van der Waals surface area contributed by atoms with Crippen molar-refractivity contribution in [2.24, 2.45) is 0 Å². The summed E-state index contributed by atoms with van der Waals surface area (Å²) < 4.78 is 16.3. The van der Waals surface area contributed by atoms with Crippen LogP contribution >= 0.6 is 0 Å². The van der Waals surface area contributed by atoms with Gasteiger partial charge < -0.3 is 19.5 Å². The van der Waals surface area contributed by atoms with Crippen molar-refractivity contribution in [2.45, 2.75) is 6.54 Å². The van der Waals surface area contributed by atoms with Crippen LogP contribution < -0.4 is 19.5 Å². The number of benzene rings is 2. The lowest BCUT2D eigenvalue weighted by Crippen LogP contribution is -2.05. The number of nitrogens with zero attached hydrogens (tertiary/aromatic N) is 1. The smallest absolute Gasteiger partial charge is 0.203 e. The van der Waals surface area contributed by atoms with Crippen LogP contribution in [0, 0.1) is 0 Å². The zero-order valence-electron chi connectivity index (χ0n) is 15.2. The Hall–Kier alpha value is -3.21. The van der Waals surface area contributed by atoms with Crippen LogP contribution in [0.25, 0.3) is 11.3 Å². The van der Waals surface area contributed by atoms with Gasteiger partial charge in [-0.05, 0) is 24.3 Å². The lowest BCUT2D eigenvalue weighted by Gasteiger charge is -2.17. The summed E-state index contributed by atoms with van der Waals surface area (Å²) in [6.45, 7) is 0.565. The van der Waals surface area contributed by atoms with Gasteiger partial charge in [0.25, 0.3) is 0 Å². The number of hydrogen-bond acceptors (Lipinski definition) is 5. The maximum Gasteiger partial charge on any atom is 0.203 e. The molecule has 3 aromatic rings. The van der Waals surface area contributed by atoms with Crippen molar-refractivity contribution >= 4 is 5.69 Å². The average Bonchev–Trinajstić information content (AvgIpc) is 2.72. The minimum absolute atomic E-state index is 0.565. The van der Waals surface area contributed by atoms with E-state index in [9.17, 15) is 0 Å². The normalized spacial score (nSPS) is 10.3. The Bertz CT molecular complexity index is 866. The van der Waals surface area contributed by atoms with Crippen LogP contribution in [-0.4, -0.2) is 26.3 Å². The van der Waals surface area contributed by atoms with E-state index in [2.05, 4.69) is 10.3 Å². The average molecular weight is 350 g/mol. The minimum Gasteiger partial charge on any atom is -0.493 e. The molecule has 0 unspecified atom stereocenters. The first-order valence-electron chi connectivity index (χ1n) is 8.30.